The SMILES string of the molecule is CCN(C)C(=O)N1CCN(C(=O)/C=C/c2ccc(F)cc2)C1=O. The number of benzene rings is 1. The van der Waals surface area contributed by atoms with Crippen LogP contribution >= 0.6 is 0 Å². The molecular weight excluding hydrogens is 301 g/mol. The second-order valence-electron chi connectivity index (χ2n) is 5.11. The highest BCUT2D eigenvalue weighted by molar-refractivity contribution is 6.07. The van der Waals surface area contributed by atoms with Crippen LogP contribution in [0.25, 0.3) is 6.08 Å². The Morgan fingerprint density at radius 2 is 1.83 bits per heavy atom. The first-order valence-corrected chi connectivity index (χ1v) is 7.25. The lowest BCUT2D eigenvalue weighted by Gasteiger charge is -2.21. The number of amides is 5. The van der Waals surface area contributed by atoms with E-state index in [1.54, 1.807) is 14.0 Å². The molecule has 0 spiro atoms. The third-order valence-electron chi connectivity index (χ3n) is 3.60. The second kappa shape index (κ2) is 7.04. The number of halogens is 1. The second-order valence-corrected chi connectivity index (χ2v) is 5.11. The molecule has 1 saturated heterocycles. The molecule has 1 heterocycles. The molecule has 0 radical (unpaired) electrons. The van der Waals surface area contributed by atoms with Crippen LogP contribution in [0, 0.1) is 5.82 Å². The normalized spacial score (nSPS) is 14.7. The molecule has 0 saturated carbocycles. The molecule has 0 aromatic heterocycles. The van der Waals surface area contributed by atoms with Crippen molar-refractivity contribution in [1.82, 2.24) is 14.7 Å². The minimum atomic E-state index is -0.621. The molecular formula is C16H18FN3O3. The van der Waals surface area contributed by atoms with Gasteiger partial charge in [0.1, 0.15) is 5.82 Å². The highest BCUT2D eigenvalue weighted by Gasteiger charge is 2.36. The summed E-state index contributed by atoms with van der Waals surface area (Å²) in [5.41, 5.74) is 0.644. The summed E-state index contributed by atoms with van der Waals surface area (Å²) < 4.78 is 12.8. The molecule has 1 aromatic rings. The smallest absolute Gasteiger partial charge is 0.328 e. The van der Waals surface area contributed by atoms with Gasteiger partial charge in [0.25, 0.3) is 5.91 Å². The highest BCUT2D eigenvalue weighted by Crippen LogP contribution is 2.13. The zero-order chi connectivity index (χ0) is 17.0. The molecule has 1 aromatic carbocycles. The Morgan fingerprint density at radius 3 is 2.43 bits per heavy atom. The first kappa shape index (κ1) is 16.7. The number of urea groups is 2. The van der Waals surface area contributed by atoms with E-state index >= 15 is 0 Å². The monoisotopic (exact) mass is 319 g/mol. The van der Waals surface area contributed by atoms with Crippen LogP contribution < -0.4 is 0 Å². The van der Waals surface area contributed by atoms with E-state index in [1.165, 1.54) is 41.3 Å². The van der Waals surface area contributed by atoms with Crippen molar-refractivity contribution in [2.45, 2.75) is 6.92 Å². The van der Waals surface area contributed by atoms with Crippen LogP contribution in [0.1, 0.15) is 12.5 Å². The molecule has 0 atom stereocenters. The Bertz CT molecular complexity index is 642. The van der Waals surface area contributed by atoms with Gasteiger partial charge in [0.2, 0.25) is 0 Å². The van der Waals surface area contributed by atoms with E-state index in [1.807, 2.05) is 0 Å². The summed E-state index contributed by atoms with van der Waals surface area (Å²) in [6.07, 6.45) is 2.74. The van der Waals surface area contributed by atoms with Crippen molar-refractivity contribution in [3.8, 4) is 0 Å². The average Bonchev–Trinajstić information content (AvgIpc) is 2.94. The predicted molar refractivity (Wildman–Crippen MR) is 82.9 cm³/mol. The fraction of sp³-hybridized carbons (Fsp3) is 0.312. The summed E-state index contributed by atoms with van der Waals surface area (Å²) in [4.78, 5) is 39.7. The van der Waals surface area contributed by atoms with E-state index in [0.29, 0.717) is 12.1 Å². The van der Waals surface area contributed by atoms with Crippen LogP contribution in [-0.4, -0.2) is 59.4 Å². The number of hydrogen-bond donors (Lipinski definition) is 0. The Labute approximate surface area is 133 Å². The molecule has 1 fully saturated rings. The molecule has 0 unspecified atom stereocenters. The maximum atomic E-state index is 12.8. The number of carbonyl (C=O) groups is 3. The number of rotatable bonds is 3. The van der Waals surface area contributed by atoms with Crippen LogP contribution in [0.3, 0.4) is 0 Å². The van der Waals surface area contributed by atoms with Gasteiger partial charge in [0.05, 0.1) is 6.54 Å². The topological polar surface area (TPSA) is 60.9 Å². The van der Waals surface area contributed by atoms with Crippen LogP contribution in [0.2, 0.25) is 0 Å². The third-order valence-corrected chi connectivity index (χ3v) is 3.60. The van der Waals surface area contributed by atoms with Crippen LogP contribution in [0.4, 0.5) is 14.0 Å². The van der Waals surface area contributed by atoms with E-state index in [4.69, 9.17) is 0 Å². The summed E-state index contributed by atoms with van der Waals surface area (Å²) >= 11 is 0. The van der Waals surface area contributed by atoms with Gasteiger partial charge in [-0.15, -0.1) is 0 Å². The van der Waals surface area contributed by atoms with E-state index in [9.17, 15) is 18.8 Å². The third kappa shape index (κ3) is 3.74. The van der Waals surface area contributed by atoms with Crippen molar-refractivity contribution in [1.29, 1.82) is 0 Å². The molecule has 122 valence electrons. The lowest BCUT2D eigenvalue weighted by Crippen LogP contribution is -2.44. The molecule has 2 rings (SSSR count). The van der Waals surface area contributed by atoms with Gasteiger partial charge in [-0.3, -0.25) is 9.69 Å². The first-order valence-electron chi connectivity index (χ1n) is 7.25. The lowest BCUT2D eigenvalue weighted by atomic mass is 10.2. The average molecular weight is 319 g/mol. The zero-order valence-electron chi connectivity index (χ0n) is 13.0. The lowest BCUT2D eigenvalue weighted by molar-refractivity contribution is -0.122. The molecule has 1 aliphatic rings. The summed E-state index contributed by atoms with van der Waals surface area (Å²) in [6.45, 7) is 2.61. The van der Waals surface area contributed by atoms with Crippen LogP contribution in [0.15, 0.2) is 30.3 Å². The van der Waals surface area contributed by atoms with E-state index in [-0.39, 0.29) is 18.9 Å². The summed E-state index contributed by atoms with van der Waals surface area (Å²) in [5.74, 6) is -0.869. The number of hydrogen-bond acceptors (Lipinski definition) is 3. The van der Waals surface area contributed by atoms with Crippen molar-refractivity contribution in [2.75, 3.05) is 26.7 Å². The van der Waals surface area contributed by atoms with Crippen molar-refractivity contribution >= 4 is 24.0 Å². The molecule has 0 N–H and O–H groups in total. The predicted octanol–water partition coefficient (Wildman–Crippen LogP) is 2.17. The van der Waals surface area contributed by atoms with E-state index < -0.39 is 18.0 Å². The largest absolute Gasteiger partial charge is 0.335 e. The molecule has 1 aliphatic heterocycles. The number of carbonyl (C=O) groups excluding carboxylic acids is 3. The van der Waals surface area contributed by atoms with Gasteiger partial charge in [0, 0.05) is 26.2 Å². The molecule has 5 amide bonds. The quantitative estimate of drug-likeness (QED) is 0.802. The fourth-order valence-electron chi connectivity index (χ4n) is 2.09. The molecule has 23 heavy (non-hydrogen) atoms. The summed E-state index contributed by atoms with van der Waals surface area (Å²) in [6, 6.07) is 4.58. The van der Waals surface area contributed by atoms with Gasteiger partial charge in [-0.2, -0.15) is 0 Å². The van der Waals surface area contributed by atoms with Gasteiger partial charge >= 0.3 is 12.1 Å². The molecule has 6 nitrogen and oxygen atoms in total. The van der Waals surface area contributed by atoms with Gasteiger partial charge in [0.15, 0.2) is 0 Å². The summed E-state index contributed by atoms with van der Waals surface area (Å²) in [5, 5.41) is 0. The van der Waals surface area contributed by atoms with Crippen LogP contribution in [0.5, 0.6) is 0 Å². The number of imide groups is 2. The Hall–Kier alpha value is -2.70. The standard InChI is InChI=1S/C16H18FN3O3/c1-3-18(2)15(22)20-11-10-19(16(20)23)14(21)9-6-12-4-7-13(17)8-5-12/h4-9H,3,10-11H2,1-2H3/b9-6+. The Kier molecular flexibility index (Phi) is 5.10. The van der Waals surface area contributed by atoms with Crippen molar-refractivity contribution < 1.29 is 18.8 Å². The maximum absolute atomic E-state index is 12.8. The van der Waals surface area contributed by atoms with Gasteiger partial charge in [-0.05, 0) is 30.7 Å². The van der Waals surface area contributed by atoms with Crippen molar-refractivity contribution in [3.63, 3.8) is 0 Å². The van der Waals surface area contributed by atoms with Crippen LogP contribution in [-0.2, 0) is 4.79 Å². The van der Waals surface area contributed by atoms with Gasteiger partial charge < -0.3 is 4.90 Å². The Morgan fingerprint density at radius 1 is 1.22 bits per heavy atom. The van der Waals surface area contributed by atoms with E-state index in [0.717, 1.165) is 9.80 Å². The minimum Gasteiger partial charge on any atom is -0.328 e. The molecule has 7 heteroatoms. The molecule has 0 bridgehead atoms. The van der Waals surface area contributed by atoms with Crippen molar-refractivity contribution in [3.05, 3.63) is 41.7 Å². The minimum absolute atomic E-state index is 0.161. The fourth-order valence-corrected chi connectivity index (χ4v) is 2.09. The maximum Gasteiger partial charge on any atom is 0.335 e. The molecule has 0 aliphatic carbocycles. The summed E-state index contributed by atoms with van der Waals surface area (Å²) in [7, 11) is 1.59. The van der Waals surface area contributed by atoms with Gasteiger partial charge in [-0.1, -0.05) is 12.1 Å². The highest BCUT2D eigenvalue weighted by atomic mass is 19.1. The van der Waals surface area contributed by atoms with Gasteiger partial charge in [-0.25, -0.2) is 18.9 Å². The van der Waals surface area contributed by atoms with E-state index in [2.05, 4.69) is 0 Å². The first-order chi connectivity index (χ1) is 10.9. The zero-order valence-corrected chi connectivity index (χ0v) is 13.0. The van der Waals surface area contributed by atoms with Crippen molar-refractivity contribution in [2.24, 2.45) is 0 Å². The Balaban J connectivity index is 2.02. The number of nitrogens with zero attached hydrogens (tertiary/aromatic N) is 3.